The molecule has 8 heteroatoms. The fraction of sp³-hybridized carbons (Fsp3) is 0.269. The van der Waals surface area contributed by atoms with Gasteiger partial charge in [-0.05, 0) is 47.4 Å². The van der Waals surface area contributed by atoms with Gasteiger partial charge in [0.1, 0.15) is 11.1 Å². The minimum absolute atomic E-state index is 0.303. The molecule has 0 atom stereocenters. The maximum Gasteiger partial charge on any atom is 0.351 e. The maximum atomic E-state index is 12.9. The standard InChI is InChI=1S/C26H26O8/c1-26(2,3)18-10-14(9-16-11-17(24(28)29)25(30)34-22(16)18)7-8-19(27)15-12-20(31-4)23(33-6)21(13-15)32-5/h7-13H,1-6H3,(H,28,29). The third kappa shape index (κ3) is 4.80. The van der Waals surface area contributed by atoms with E-state index in [1.54, 1.807) is 24.3 Å². The number of carboxylic acids is 1. The lowest BCUT2D eigenvalue weighted by Gasteiger charge is -2.21. The average Bonchev–Trinajstić information content (AvgIpc) is 2.79. The van der Waals surface area contributed by atoms with Gasteiger partial charge in [0.25, 0.3) is 0 Å². The highest BCUT2D eigenvalue weighted by atomic mass is 16.5. The van der Waals surface area contributed by atoms with Crippen molar-refractivity contribution in [1.29, 1.82) is 0 Å². The molecule has 0 radical (unpaired) electrons. The summed E-state index contributed by atoms with van der Waals surface area (Å²) in [6.45, 7) is 5.84. The molecule has 0 aliphatic carbocycles. The van der Waals surface area contributed by atoms with Crippen molar-refractivity contribution < 1.29 is 33.3 Å². The Morgan fingerprint density at radius 2 is 1.56 bits per heavy atom. The number of carboxylic acid groups (broad SMARTS) is 1. The summed E-state index contributed by atoms with van der Waals surface area (Å²) in [5, 5.41) is 9.75. The maximum absolute atomic E-state index is 12.9. The van der Waals surface area contributed by atoms with Crippen LogP contribution in [0.3, 0.4) is 0 Å². The van der Waals surface area contributed by atoms with E-state index in [-0.39, 0.29) is 5.78 Å². The van der Waals surface area contributed by atoms with Crippen molar-refractivity contribution in [2.45, 2.75) is 26.2 Å². The molecule has 0 bridgehead atoms. The number of rotatable bonds is 7. The summed E-state index contributed by atoms with van der Waals surface area (Å²) in [6.07, 6.45) is 3.01. The highest BCUT2D eigenvalue weighted by Crippen LogP contribution is 2.38. The molecule has 1 N–H and O–H groups in total. The van der Waals surface area contributed by atoms with Crippen LogP contribution in [0.2, 0.25) is 0 Å². The topological polar surface area (TPSA) is 112 Å². The van der Waals surface area contributed by atoms with Crippen LogP contribution in [0, 0.1) is 0 Å². The molecule has 0 unspecified atom stereocenters. The summed E-state index contributed by atoms with van der Waals surface area (Å²) >= 11 is 0. The van der Waals surface area contributed by atoms with Gasteiger partial charge >= 0.3 is 11.6 Å². The average molecular weight is 466 g/mol. The van der Waals surface area contributed by atoms with Crippen LogP contribution in [0.15, 0.2) is 45.6 Å². The summed E-state index contributed by atoms with van der Waals surface area (Å²) in [6, 6.07) is 7.88. The number of benzene rings is 2. The first-order valence-electron chi connectivity index (χ1n) is 10.4. The van der Waals surface area contributed by atoms with Gasteiger partial charge in [0.05, 0.1) is 21.3 Å². The summed E-state index contributed by atoms with van der Waals surface area (Å²) < 4.78 is 21.3. The lowest BCUT2D eigenvalue weighted by atomic mass is 9.84. The summed E-state index contributed by atoms with van der Waals surface area (Å²) in [4.78, 5) is 36.4. The molecule has 0 saturated heterocycles. The van der Waals surface area contributed by atoms with E-state index < -0.39 is 22.6 Å². The highest BCUT2D eigenvalue weighted by molar-refractivity contribution is 6.07. The first kappa shape index (κ1) is 24.6. The molecular weight excluding hydrogens is 440 g/mol. The van der Waals surface area contributed by atoms with Crippen molar-refractivity contribution in [2.24, 2.45) is 0 Å². The largest absolute Gasteiger partial charge is 0.493 e. The minimum Gasteiger partial charge on any atom is -0.493 e. The smallest absolute Gasteiger partial charge is 0.351 e. The first-order chi connectivity index (χ1) is 16.0. The number of ketones is 1. The van der Waals surface area contributed by atoms with Crippen LogP contribution in [0.1, 0.15) is 52.6 Å². The van der Waals surface area contributed by atoms with E-state index in [1.807, 2.05) is 26.8 Å². The lowest BCUT2D eigenvalue weighted by Crippen LogP contribution is -2.16. The number of hydrogen-bond acceptors (Lipinski definition) is 7. The van der Waals surface area contributed by atoms with E-state index in [2.05, 4.69) is 0 Å². The molecule has 0 fully saturated rings. The summed E-state index contributed by atoms with van der Waals surface area (Å²) in [5.74, 6) is -0.578. The van der Waals surface area contributed by atoms with Gasteiger partial charge < -0.3 is 23.7 Å². The monoisotopic (exact) mass is 466 g/mol. The molecule has 1 heterocycles. The van der Waals surface area contributed by atoms with Gasteiger partial charge in [0.2, 0.25) is 5.75 Å². The molecule has 34 heavy (non-hydrogen) atoms. The number of aromatic carboxylic acids is 1. The fourth-order valence-corrected chi connectivity index (χ4v) is 3.55. The molecule has 0 saturated carbocycles. The number of carbonyl (C=O) groups is 2. The zero-order chi connectivity index (χ0) is 25.2. The Balaban J connectivity index is 2.10. The molecule has 3 rings (SSSR count). The van der Waals surface area contributed by atoms with Crippen molar-refractivity contribution in [3.63, 3.8) is 0 Å². The second-order valence-electron chi connectivity index (χ2n) is 8.60. The van der Waals surface area contributed by atoms with Crippen LogP contribution in [-0.2, 0) is 5.41 Å². The molecule has 0 aliphatic rings. The van der Waals surface area contributed by atoms with Gasteiger partial charge in [-0.1, -0.05) is 26.8 Å². The number of fused-ring (bicyclic) bond motifs is 1. The van der Waals surface area contributed by atoms with Gasteiger partial charge in [-0.25, -0.2) is 9.59 Å². The lowest BCUT2D eigenvalue weighted by molar-refractivity contribution is 0.0692. The Kier molecular flexibility index (Phi) is 6.81. The zero-order valence-corrected chi connectivity index (χ0v) is 19.8. The van der Waals surface area contributed by atoms with Gasteiger partial charge in [-0.2, -0.15) is 0 Å². The van der Waals surface area contributed by atoms with E-state index in [9.17, 15) is 19.5 Å². The molecule has 178 valence electrons. The van der Waals surface area contributed by atoms with Gasteiger partial charge in [-0.15, -0.1) is 0 Å². The van der Waals surface area contributed by atoms with E-state index in [0.717, 1.165) is 0 Å². The third-order valence-corrected chi connectivity index (χ3v) is 5.27. The Morgan fingerprint density at radius 1 is 0.941 bits per heavy atom. The second kappa shape index (κ2) is 9.43. The van der Waals surface area contributed by atoms with Crippen molar-refractivity contribution in [1.82, 2.24) is 0 Å². The molecule has 8 nitrogen and oxygen atoms in total. The zero-order valence-electron chi connectivity index (χ0n) is 19.8. The summed E-state index contributed by atoms with van der Waals surface area (Å²) in [7, 11) is 4.41. The van der Waals surface area contributed by atoms with Crippen LogP contribution in [0.25, 0.3) is 17.0 Å². The quantitative estimate of drug-likeness (QED) is 0.303. The van der Waals surface area contributed by atoms with E-state index >= 15 is 0 Å². The van der Waals surface area contributed by atoms with Crippen molar-refractivity contribution in [3.8, 4) is 17.2 Å². The Morgan fingerprint density at radius 3 is 2.06 bits per heavy atom. The molecule has 3 aromatic rings. The van der Waals surface area contributed by atoms with E-state index in [4.69, 9.17) is 18.6 Å². The second-order valence-corrected chi connectivity index (χ2v) is 8.60. The normalized spacial score (nSPS) is 11.6. The van der Waals surface area contributed by atoms with Gasteiger partial charge in [0, 0.05) is 16.5 Å². The van der Waals surface area contributed by atoms with Crippen molar-refractivity contribution >= 4 is 28.8 Å². The number of allylic oxidation sites excluding steroid dienone is 1. The SMILES string of the molecule is COc1cc(C(=O)C=Cc2cc(C(C)(C)C)c3oc(=O)c(C(=O)O)cc3c2)cc(OC)c1OC. The molecular formula is C26H26O8. The molecule has 0 amide bonds. The highest BCUT2D eigenvalue weighted by Gasteiger charge is 2.22. The summed E-state index contributed by atoms with van der Waals surface area (Å²) in [5.41, 5.74) is 0.219. The third-order valence-electron chi connectivity index (χ3n) is 5.27. The van der Waals surface area contributed by atoms with Crippen LogP contribution in [0.4, 0.5) is 0 Å². The predicted octanol–water partition coefficient (Wildman–Crippen LogP) is 4.71. The van der Waals surface area contributed by atoms with Crippen molar-refractivity contribution in [2.75, 3.05) is 21.3 Å². The number of carbonyl (C=O) groups excluding carboxylic acids is 1. The van der Waals surface area contributed by atoms with Gasteiger partial charge in [0.15, 0.2) is 17.3 Å². The Labute approximate surface area is 196 Å². The minimum atomic E-state index is -1.37. The van der Waals surface area contributed by atoms with Crippen LogP contribution in [-0.4, -0.2) is 38.2 Å². The Bertz CT molecular complexity index is 1330. The number of ether oxygens (including phenoxy) is 3. The van der Waals surface area contributed by atoms with E-state index in [1.165, 1.54) is 33.5 Å². The first-order valence-corrected chi connectivity index (χ1v) is 10.4. The number of hydrogen-bond donors (Lipinski definition) is 1. The molecule has 1 aromatic heterocycles. The van der Waals surface area contributed by atoms with Crippen molar-refractivity contribution in [3.05, 3.63) is 69.1 Å². The van der Waals surface area contributed by atoms with Crippen LogP contribution >= 0.6 is 0 Å². The number of methoxy groups -OCH3 is 3. The van der Waals surface area contributed by atoms with Crippen LogP contribution < -0.4 is 19.8 Å². The predicted molar refractivity (Wildman–Crippen MR) is 128 cm³/mol. The van der Waals surface area contributed by atoms with Gasteiger partial charge in [-0.3, -0.25) is 4.79 Å². The van der Waals surface area contributed by atoms with E-state index in [0.29, 0.717) is 44.9 Å². The molecule has 0 spiro atoms. The molecule has 2 aromatic carbocycles. The molecule has 0 aliphatic heterocycles. The Hall–Kier alpha value is -4.07. The van der Waals surface area contributed by atoms with Crippen LogP contribution in [0.5, 0.6) is 17.2 Å². The fourth-order valence-electron chi connectivity index (χ4n) is 3.55.